The van der Waals surface area contributed by atoms with E-state index in [0.29, 0.717) is 16.2 Å². The molecule has 138 valence electrons. The van der Waals surface area contributed by atoms with Crippen LogP contribution in [-0.4, -0.2) is 25.1 Å². The number of halogens is 1. The highest BCUT2D eigenvalue weighted by Gasteiger charge is 2.20. The number of hydrogen-bond acceptors (Lipinski definition) is 5. The van der Waals surface area contributed by atoms with Crippen molar-refractivity contribution in [3.8, 4) is 0 Å². The van der Waals surface area contributed by atoms with E-state index in [9.17, 15) is 13.5 Å². The Bertz CT molecular complexity index is 1230. The molecule has 5 nitrogen and oxygen atoms in total. The van der Waals surface area contributed by atoms with Gasteiger partial charge in [0, 0.05) is 6.54 Å². The number of aliphatic hydroxyl groups excluding tert-OH is 1. The molecule has 0 aliphatic carbocycles. The van der Waals surface area contributed by atoms with Gasteiger partial charge in [0.15, 0.2) is 0 Å². The molecular weight excluding hydrogens is 404 g/mol. The zero-order valence-electron chi connectivity index (χ0n) is 14.0. The lowest BCUT2D eigenvalue weighted by atomic mass is 10.0. The van der Waals surface area contributed by atoms with Crippen molar-refractivity contribution in [2.45, 2.75) is 10.3 Å². The third-order valence-electron chi connectivity index (χ3n) is 4.23. The first-order valence-corrected chi connectivity index (χ1v) is 10.8. The number of sulfonamides is 1. The van der Waals surface area contributed by atoms with E-state index in [1.54, 1.807) is 18.2 Å². The molecule has 4 aromatic rings. The van der Waals surface area contributed by atoms with Gasteiger partial charge in [0.25, 0.3) is 0 Å². The van der Waals surface area contributed by atoms with E-state index >= 15 is 0 Å². The fourth-order valence-corrected chi connectivity index (χ4v) is 5.48. The van der Waals surface area contributed by atoms with Gasteiger partial charge in [-0.25, -0.2) is 18.1 Å². The van der Waals surface area contributed by atoms with Crippen LogP contribution in [0.15, 0.2) is 64.9 Å². The Kier molecular flexibility index (Phi) is 4.88. The summed E-state index contributed by atoms with van der Waals surface area (Å²) in [5, 5.41) is 12.7. The average molecular weight is 419 g/mol. The Labute approximate surface area is 165 Å². The van der Waals surface area contributed by atoms with Gasteiger partial charge in [0.05, 0.1) is 16.3 Å². The molecule has 8 heteroatoms. The zero-order valence-corrected chi connectivity index (χ0v) is 16.4. The van der Waals surface area contributed by atoms with E-state index in [4.69, 9.17) is 11.6 Å². The predicted octanol–water partition coefficient (Wildman–Crippen LogP) is 4.11. The Morgan fingerprint density at radius 3 is 2.74 bits per heavy atom. The minimum atomic E-state index is -3.77. The quantitative estimate of drug-likeness (QED) is 0.478. The summed E-state index contributed by atoms with van der Waals surface area (Å²) in [5.74, 6) is 0. The highest BCUT2D eigenvalue weighted by Crippen LogP contribution is 2.29. The number of fused-ring (bicyclic) bond motifs is 2. The fourth-order valence-electron chi connectivity index (χ4n) is 2.92. The molecule has 0 amide bonds. The monoisotopic (exact) mass is 418 g/mol. The molecule has 2 heterocycles. The number of aromatic nitrogens is 1. The number of hydrogen-bond donors (Lipinski definition) is 2. The summed E-state index contributed by atoms with van der Waals surface area (Å²) >= 11 is 6.97. The second-order valence-electron chi connectivity index (χ2n) is 6.02. The Hall–Kier alpha value is -2.03. The van der Waals surface area contributed by atoms with E-state index in [1.165, 1.54) is 6.07 Å². The summed E-state index contributed by atoms with van der Waals surface area (Å²) in [4.78, 5) is 4.12. The van der Waals surface area contributed by atoms with Crippen molar-refractivity contribution in [2.24, 2.45) is 0 Å². The van der Waals surface area contributed by atoms with Gasteiger partial charge in [-0.15, -0.1) is 11.3 Å². The van der Waals surface area contributed by atoms with Crippen molar-refractivity contribution >= 4 is 54.0 Å². The highest BCUT2D eigenvalue weighted by molar-refractivity contribution is 7.91. The van der Waals surface area contributed by atoms with Crippen molar-refractivity contribution in [1.29, 1.82) is 0 Å². The van der Waals surface area contributed by atoms with Gasteiger partial charge in [0.2, 0.25) is 10.0 Å². The Morgan fingerprint density at radius 2 is 1.89 bits per heavy atom. The third kappa shape index (κ3) is 3.69. The van der Waals surface area contributed by atoms with Gasteiger partial charge in [-0.1, -0.05) is 54.1 Å². The molecule has 2 aromatic carbocycles. The summed E-state index contributed by atoms with van der Waals surface area (Å²) in [7, 11) is -3.77. The minimum Gasteiger partial charge on any atom is -0.387 e. The Morgan fingerprint density at radius 1 is 1.11 bits per heavy atom. The smallest absolute Gasteiger partial charge is 0.250 e. The summed E-state index contributed by atoms with van der Waals surface area (Å²) < 4.78 is 28.6. The lowest BCUT2D eigenvalue weighted by Crippen LogP contribution is -2.28. The molecule has 2 N–H and O–H groups in total. The standard InChI is InChI=1S/C19H15ClN2O3S2/c20-18-9-8-17-15(22-18)10-19(26-17)27(24,25)21-11-16(23)14-7-3-5-12-4-1-2-6-13(12)14/h1-10,16,21,23H,11H2. The third-order valence-corrected chi connectivity index (χ3v) is 7.43. The Balaban J connectivity index is 1.57. The maximum absolute atomic E-state index is 12.6. The molecule has 0 bridgehead atoms. The number of rotatable bonds is 5. The molecule has 4 rings (SSSR count). The lowest BCUT2D eigenvalue weighted by molar-refractivity contribution is 0.183. The van der Waals surface area contributed by atoms with Crippen LogP contribution < -0.4 is 4.72 Å². The maximum atomic E-state index is 12.6. The molecule has 0 fully saturated rings. The van der Waals surface area contributed by atoms with Crippen LogP contribution in [0.4, 0.5) is 0 Å². The van der Waals surface area contributed by atoms with Gasteiger partial charge in [-0.2, -0.15) is 0 Å². The molecule has 0 spiro atoms. The minimum absolute atomic E-state index is 0.126. The molecular formula is C19H15ClN2O3S2. The van der Waals surface area contributed by atoms with Crippen LogP contribution in [0.2, 0.25) is 5.15 Å². The van der Waals surface area contributed by atoms with Gasteiger partial charge in [0.1, 0.15) is 9.36 Å². The fraction of sp³-hybridized carbons (Fsp3) is 0.105. The largest absolute Gasteiger partial charge is 0.387 e. The van der Waals surface area contributed by atoms with Gasteiger partial charge >= 0.3 is 0 Å². The second kappa shape index (κ2) is 7.18. The summed E-state index contributed by atoms with van der Waals surface area (Å²) in [6.07, 6.45) is -0.965. The summed E-state index contributed by atoms with van der Waals surface area (Å²) in [6.45, 7) is -0.126. The van der Waals surface area contributed by atoms with Gasteiger partial charge < -0.3 is 5.11 Å². The first-order chi connectivity index (χ1) is 12.9. The van der Waals surface area contributed by atoms with Crippen LogP contribution in [0.25, 0.3) is 21.0 Å². The second-order valence-corrected chi connectivity index (χ2v) is 9.48. The summed E-state index contributed by atoms with van der Waals surface area (Å²) in [5.41, 5.74) is 1.21. The number of aliphatic hydroxyl groups is 1. The molecule has 2 aromatic heterocycles. The maximum Gasteiger partial charge on any atom is 0.250 e. The first kappa shape index (κ1) is 18.3. The SMILES string of the molecule is O=S(=O)(NCC(O)c1cccc2ccccc12)c1cc2nc(Cl)ccc2s1. The van der Waals surface area contributed by atoms with E-state index in [-0.39, 0.29) is 10.8 Å². The number of thiophene rings is 1. The molecule has 0 saturated carbocycles. The predicted molar refractivity (Wildman–Crippen MR) is 109 cm³/mol. The van der Waals surface area contributed by atoms with E-state index in [0.717, 1.165) is 26.8 Å². The van der Waals surface area contributed by atoms with Gasteiger partial charge in [-0.05, 0) is 34.5 Å². The van der Waals surface area contributed by atoms with Crippen molar-refractivity contribution < 1.29 is 13.5 Å². The van der Waals surface area contributed by atoms with Crippen LogP contribution in [0.3, 0.4) is 0 Å². The van der Waals surface area contributed by atoms with E-state index < -0.39 is 16.1 Å². The van der Waals surface area contributed by atoms with Crippen LogP contribution >= 0.6 is 22.9 Å². The van der Waals surface area contributed by atoms with E-state index in [1.807, 2.05) is 36.4 Å². The molecule has 0 saturated heterocycles. The number of nitrogens with one attached hydrogen (secondary N) is 1. The van der Waals surface area contributed by atoms with Gasteiger partial charge in [-0.3, -0.25) is 0 Å². The number of nitrogens with zero attached hydrogens (tertiary/aromatic N) is 1. The molecule has 1 atom stereocenters. The van der Waals surface area contributed by atoms with Crippen molar-refractivity contribution in [2.75, 3.05) is 6.54 Å². The van der Waals surface area contributed by atoms with Crippen LogP contribution in [-0.2, 0) is 10.0 Å². The topological polar surface area (TPSA) is 79.3 Å². The molecule has 0 aliphatic rings. The zero-order chi connectivity index (χ0) is 19.0. The molecule has 27 heavy (non-hydrogen) atoms. The van der Waals surface area contributed by atoms with E-state index in [2.05, 4.69) is 9.71 Å². The number of pyridine rings is 1. The normalized spacial score (nSPS) is 13.3. The van der Waals surface area contributed by atoms with Crippen molar-refractivity contribution in [3.05, 3.63) is 71.4 Å². The van der Waals surface area contributed by atoms with Crippen LogP contribution in [0, 0.1) is 0 Å². The highest BCUT2D eigenvalue weighted by atomic mass is 35.5. The number of benzene rings is 2. The van der Waals surface area contributed by atoms with Crippen molar-refractivity contribution in [3.63, 3.8) is 0 Å². The lowest BCUT2D eigenvalue weighted by Gasteiger charge is -2.14. The first-order valence-electron chi connectivity index (χ1n) is 8.15. The average Bonchev–Trinajstić information content (AvgIpc) is 3.10. The van der Waals surface area contributed by atoms with Crippen LogP contribution in [0.5, 0.6) is 0 Å². The van der Waals surface area contributed by atoms with Crippen LogP contribution in [0.1, 0.15) is 11.7 Å². The molecule has 0 aliphatic heterocycles. The van der Waals surface area contributed by atoms with Crippen molar-refractivity contribution in [1.82, 2.24) is 9.71 Å². The molecule has 1 unspecified atom stereocenters. The summed E-state index contributed by atoms with van der Waals surface area (Å²) in [6, 6.07) is 18.1. The molecule has 0 radical (unpaired) electrons.